The molecule has 0 radical (unpaired) electrons. The molecule has 1 saturated carbocycles. The smallest absolute Gasteiger partial charge is 0.306 e. The number of nitrogens with one attached hydrogen (secondary N) is 1. The summed E-state index contributed by atoms with van der Waals surface area (Å²) in [5.41, 5.74) is 0. The van der Waals surface area contributed by atoms with Crippen LogP contribution >= 0.6 is 15.9 Å². The molecule has 0 unspecified atom stereocenters. The average Bonchev–Trinajstić information content (AvgIpc) is 2.47. The molecule has 0 aliphatic heterocycles. The highest BCUT2D eigenvalue weighted by Crippen LogP contribution is 2.27. The van der Waals surface area contributed by atoms with Crippen LogP contribution in [0.4, 0.5) is 0 Å². The van der Waals surface area contributed by atoms with E-state index >= 15 is 0 Å². The highest BCUT2D eigenvalue weighted by molar-refractivity contribution is 9.10. The Morgan fingerprint density at radius 1 is 1.41 bits per heavy atom. The van der Waals surface area contributed by atoms with Gasteiger partial charge in [-0.05, 0) is 47.7 Å². The van der Waals surface area contributed by atoms with Gasteiger partial charge >= 0.3 is 5.97 Å². The fourth-order valence-electron chi connectivity index (χ4n) is 2.45. The number of hydrogen-bond acceptors (Lipinski definition) is 5. The number of hydrogen-bond donors (Lipinski definition) is 2. The first-order valence-corrected chi connectivity index (χ1v) is 9.06. The Labute approximate surface area is 137 Å². The number of nitrogens with zero attached hydrogens (tertiary/aromatic N) is 1. The van der Waals surface area contributed by atoms with Crippen molar-refractivity contribution < 1.29 is 23.1 Å². The van der Waals surface area contributed by atoms with Crippen molar-refractivity contribution in [2.45, 2.75) is 36.6 Å². The van der Waals surface area contributed by atoms with Crippen molar-refractivity contribution >= 4 is 31.9 Å². The molecule has 2 N–H and O–H groups in total. The van der Waals surface area contributed by atoms with Crippen molar-refractivity contribution in [3.8, 4) is 5.88 Å². The summed E-state index contributed by atoms with van der Waals surface area (Å²) in [7, 11) is -2.25. The van der Waals surface area contributed by atoms with Gasteiger partial charge in [0.25, 0.3) is 0 Å². The third kappa shape index (κ3) is 3.96. The second kappa shape index (κ2) is 6.93. The van der Waals surface area contributed by atoms with Crippen LogP contribution < -0.4 is 9.46 Å². The lowest BCUT2D eigenvalue weighted by atomic mass is 9.87. The molecule has 0 bridgehead atoms. The van der Waals surface area contributed by atoms with Gasteiger partial charge < -0.3 is 9.84 Å². The molecule has 2 rings (SSSR count). The molecule has 1 aliphatic carbocycles. The predicted octanol–water partition coefficient (Wildman–Crippen LogP) is 1.77. The Kier molecular flexibility index (Phi) is 5.41. The first-order valence-electron chi connectivity index (χ1n) is 6.78. The maximum absolute atomic E-state index is 12.3. The van der Waals surface area contributed by atoms with E-state index in [-0.39, 0.29) is 16.9 Å². The molecular formula is C13H17BrN2O5S. The fourth-order valence-corrected chi connectivity index (χ4v) is 4.39. The van der Waals surface area contributed by atoms with E-state index < -0.39 is 16.0 Å². The number of rotatable bonds is 5. The average molecular weight is 393 g/mol. The second-order valence-electron chi connectivity index (χ2n) is 5.17. The molecule has 1 aromatic rings. The zero-order chi connectivity index (χ0) is 16.3. The molecule has 0 atom stereocenters. The van der Waals surface area contributed by atoms with Gasteiger partial charge in [-0.1, -0.05) is 0 Å². The molecule has 122 valence electrons. The Balaban J connectivity index is 2.06. The van der Waals surface area contributed by atoms with Gasteiger partial charge in [-0.25, -0.2) is 18.1 Å². The Morgan fingerprint density at radius 2 is 2.05 bits per heavy atom. The maximum atomic E-state index is 12.3. The number of halogens is 1. The molecule has 22 heavy (non-hydrogen) atoms. The standard InChI is InChI=1S/C13H17BrN2O5S/c1-21-12-11(14)6-10(7-15-12)22(19,20)16-9-4-2-8(3-5-9)13(17)18/h6-9,16H,2-5H2,1H3,(H,17,18). The van der Waals surface area contributed by atoms with E-state index in [0.29, 0.717) is 36.0 Å². The molecule has 1 heterocycles. The largest absolute Gasteiger partial charge is 0.481 e. The zero-order valence-corrected chi connectivity index (χ0v) is 14.4. The Hall–Kier alpha value is -1.19. The molecule has 0 spiro atoms. The molecule has 7 nitrogen and oxygen atoms in total. The number of aliphatic carboxylic acids is 1. The van der Waals surface area contributed by atoms with Crippen LogP contribution in [0, 0.1) is 5.92 Å². The lowest BCUT2D eigenvalue weighted by Gasteiger charge is -2.26. The van der Waals surface area contributed by atoms with Crippen LogP contribution in [0.25, 0.3) is 0 Å². The number of pyridine rings is 1. The Bertz CT molecular complexity index is 656. The molecule has 9 heteroatoms. The minimum atomic E-state index is -3.69. The molecule has 1 aliphatic rings. The summed E-state index contributed by atoms with van der Waals surface area (Å²) >= 11 is 3.20. The van der Waals surface area contributed by atoms with E-state index in [1.54, 1.807) is 0 Å². The van der Waals surface area contributed by atoms with Crippen molar-refractivity contribution in [1.82, 2.24) is 9.71 Å². The highest BCUT2D eigenvalue weighted by Gasteiger charge is 2.29. The van der Waals surface area contributed by atoms with Gasteiger partial charge in [0.2, 0.25) is 15.9 Å². The lowest BCUT2D eigenvalue weighted by molar-refractivity contribution is -0.142. The van der Waals surface area contributed by atoms with Crippen LogP contribution in [0.5, 0.6) is 5.88 Å². The summed E-state index contributed by atoms with van der Waals surface area (Å²) in [5.74, 6) is -0.886. The van der Waals surface area contributed by atoms with E-state index in [0.717, 1.165) is 0 Å². The van der Waals surface area contributed by atoms with E-state index in [1.807, 2.05) is 0 Å². The van der Waals surface area contributed by atoms with Gasteiger partial charge in [0.05, 0.1) is 23.7 Å². The van der Waals surface area contributed by atoms with Crippen molar-refractivity contribution in [3.05, 3.63) is 16.7 Å². The summed E-state index contributed by atoms with van der Waals surface area (Å²) < 4.78 is 32.7. The fraction of sp³-hybridized carbons (Fsp3) is 0.538. The quantitative estimate of drug-likeness (QED) is 0.790. The predicted molar refractivity (Wildman–Crippen MR) is 82.2 cm³/mol. The molecule has 0 saturated heterocycles. The maximum Gasteiger partial charge on any atom is 0.306 e. The number of aromatic nitrogens is 1. The van der Waals surface area contributed by atoms with Gasteiger partial charge in [-0.3, -0.25) is 4.79 Å². The minimum Gasteiger partial charge on any atom is -0.481 e. The monoisotopic (exact) mass is 392 g/mol. The molecule has 0 aromatic carbocycles. The van der Waals surface area contributed by atoms with Crippen LogP contribution in [0.2, 0.25) is 0 Å². The van der Waals surface area contributed by atoms with Crippen LogP contribution in [-0.2, 0) is 14.8 Å². The normalized spacial score (nSPS) is 22.3. The van der Waals surface area contributed by atoms with Gasteiger partial charge in [-0.15, -0.1) is 0 Å². The van der Waals surface area contributed by atoms with Crippen LogP contribution in [0.1, 0.15) is 25.7 Å². The number of sulfonamides is 1. The van der Waals surface area contributed by atoms with Crippen molar-refractivity contribution in [3.63, 3.8) is 0 Å². The lowest BCUT2D eigenvalue weighted by Crippen LogP contribution is -2.38. The first kappa shape index (κ1) is 17.2. The number of carbonyl (C=O) groups is 1. The van der Waals surface area contributed by atoms with Crippen LogP contribution in [0.3, 0.4) is 0 Å². The summed E-state index contributed by atoms with van der Waals surface area (Å²) in [6.45, 7) is 0. The van der Waals surface area contributed by atoms with Crippen molar-refractivity contribution in [2.24, 2.45) is 5.92 Å². The Morgan fingerprint density at radius 3 is 2.55 bits per heavy atom. The topological polar surface area (TPSA) is 106 Å². The van der Waals surface area contributed by atoms with E-state index in [4.69, 9.17) is 9.84 Å². The zero-order valence-electron chi connectivity index (χ0n) is 12.0. The highest BCUT2D eigenvalue weighted by atomic mass is 79.9. The third-order valence-corrected chi connectivity index (χ3v) is 5.74. The summed E-state index contributed by atoms with van der Waals surface area (Å²) in [6, 6.07) is 1.18. The SMILES string of the molecule is COc1ncc(S(=O)(=O)NC2CCC(C(=O)O)CC2)cc1Br. The molecular weight excluding hydrogens is 376 g/mol. The van der Waals surface area contributed by atoms with Crippen LogP contribution in [-0.4, -0.2) is 37.6 Å². The molecule has 0 amide bonds. The minimum absolute atomic E-state index is 0.0422. The van der Waals surface area contributed by atoms with E-state index in [2.05, 4.69) is 25.6 Å². The third-order valence-electron chi connectivity index (χ3n) is 3.68. The summed E-state index contributed by atoms with van der Waals surface area (Å²) in [5, 5.41) is 8.95. The number of methoxy groups -OCH3 is 1. The second-order valence-corrected chi connectivity index (χ2v) is 7.74. The first-order chi connectivity index (χ1) is 10.3. The van der Waals surface area contributed by atoms with Crippen molar-refractivity contribution in [2.75, 3.05) is 7.11 Å². The number of ether oxygens (including phenoxy) is 1. The summed E-state index contributed by atoms with van der Waals surface area (Å²) in [6.07, 6.45) is 3.22. The summed E-state index contributed by atoms with van der Waals surface area (Å²) in [4.78, 5) is 14.9. The van der Waals surface area contributed by atoms with E-state index in [1.165, 1.54) is 19.4 Å². The van der Waals surface area contributed by atoms with Gasteiger partial charge in [-0.2, -0.15) is 0 Å². The number of carboxylic acids is 1. The molecule has 1 aromatic heterocycles. The number of carboxylic acid groups (broad SMARTS) is 1. The van der Waals surface area contributed by atoms with Gasteiger partial charge in [0, 0.05) is 6.04 Å². The van der Waals surface area contributed by atoms with Crippen LogP contribution in [0.15, 0.2) is 21.6 Å². The van der Waals surface area contributed by atoms with E-state index in [9.17, 15) is 13.2 Å². The van der Waals surface area contributed by atoms with Crippen molar-refractivity contribution in [1.29, 1.82) is 0 Å². The van der Waals surface area contributed by atoms with Gasteiger partial charge in [0.1, 0.15) is 4.90 Å². The molecule has 1 fully saturated rings. The van der Waals surface area contributed by atoms with Gasteiger partial charge in [0.15, 0.2) is 0 Å².